The first-order valence-electron chi connectivity index (χ1n) is 3.86. The minimum absolute atomic E-state index is 0.767. The van der Waals surface area contributed by atoms with Crippen LogP contribution >= 0.6 is 0 Å². The molecule has 1 heteroatoms. The predicted molar refractivity (Wildman–Crippen MR) is 44.7 cm³/mol. The Balaban J connectivity index is 2.35. The van der Waals surface area contributed by atoms with E-state index < -0.39 is 0 Å². The lowest BCUT2D eigenvalue weighted by atomic mass is 10.1. The van der Waals surface area contributed by atoms with Gasteiger partial charge in [0.15, 0.2) is 0 Å². The molecule has 0 aliphatic carbocycles. The summed E-state index contributed by atoms with van der Waals surface area (Å²) in [6.07, 6.45) is 7.64. The standard InChI is InChI=1S/C9H15N/c1-3-5-9-6-7-10(4-2)8-9/h3-5,9H,2,6-8H2,1H3/b5-3-. The van der Waals surface area contributed by atoms with Crippen LogP contribution in [-0.4, -0.2) is 18.0 Å². The maximum Gasteiger partial charge on any atom is 0.0235 e. The number of rotatable bonds is 2. The molecule has 0 saturated carbocycles. The van der Waals surface area contributed by atoms with Gasteiger partial charge in [0.25, 0.3) is 0 Å². The van der Waals surface area contributed by atoms with Crippen LogP contribution < -0.4 is 0 Å². The molecule has 0 radical (unpaired) electrons. The van der Waals surface area contributed by atoms with Gasteiger partial charge in [0, 0.05) is 13.1 Å². The molecule has 1 aliphatic heterocycles. The van der Waals surface area contributed by atoms with Gasteiger partial charge in [-0.05, 0) is 25.5 Å². The van der Waals surface area contributed by atoms with Crippen molar-refractivity contribution >= 4 is 0 Å². The maximum atomic E-state index is 3.74. The Morgan fingerprint density at radius 2 is 2.40 bits per heavy atom. The van der Waals surface area contributed by atoms with Crippen LogP contribution in [0.25, 0.3) is 0 Å². The van der Waals surface area contributed by atoms with Gasteiger partial charge in [0.2, 0.25) is 0 Å². The normalized spacial score (nSPS) is 26.1. The molecule has 1 unspecified atom stereocenters. The lowest BCUT2D eigenvalue weighted by Gasteiger charge is -2.09. The predicted octanol–water partition coefficient (Wildman–Crippen LogP) is 2.03. The van der Waals surface area contributed by atoms with Gasteiger partial charge in [-0.15, -0.1) is 0 Å². The van der Waals surface area contributed by atoms with E-state index in [2.05, 4.69) is 30.6 Å². The van der Waals surface area contributed by atoms with Gasteiger partial charge in [0.1, 0.15) is 0 Å². The summed E-state index contributed by atoms with van der Waals surface area (Å²) >= 11 is 0. The van der Waals surface area contributed by atoms with Crippen LogP contribution in [0.2, 0.25) is 0 Å². The Kier molecular flexibility index (Phi) is 2.55. The molecule has 1 aliphatic rings. The van der Waals surface area contributed by atoms with E-state index in [9.17, 15) is 0 Å². The lowest BCUT2D eigenvalue weighted by molar-refractivity contribution is 0.458. The van der Waals surface area contributed by atoms with Crippen molar-refractivity contribution < 1.29 is 0 Å². The molecule has 0 N–H and O–H groups in total. The fraction of sp³-hybridized carbons (Fsp3) is 0.556. The second-order valence-electron chi connectivity index (χ2n) is 2.75. The van der Waals surface area contributed by atoms with Gasteiger partial charge in [-0.2, -0.15) is 0 Å². The molecular weight excluding hydrogens is 122 g/mol. The number of hydrogen-bond donors (Lipinski definition) is 0. The average Bonchev–Trinajstić information content (AvgIpc) is 2.37. The van der Waals surface area contributed by atoms with Gasteiger partial charge < -0.3 is 4.90 Å². The van der Waals surface area contributed by atoms with Crippen LogP contribution in [0.4, 0.5) is 0 Å². The van der Waals surface area contributed by atoms with Crippen LogP contribution in [0, 0.1) is 5.92 Å². The van der Waals surface area contributed by atoms with E-state index in [0.29, 0.717) is 0 Å². The highest BCUT2D eigenvalue weighted by Gasteiger charge is 2.15. The fourth-order valence-corrected chi connectivity index (χ4v) is 1.41. The van der Waals surface area contributed by atoms with Gasteiger partial charge in [-0.1, -0.05) is 18.7 Å². The van der Waals surface area contributed by atoms with Crippen LogP contribution in [-0.2, 0) is 0 Å². The molecule has 1 heterocycles. The summed E-state index contributed by atoms with van der Waals surface area (Å²) in [5.41, 5.74) is 0. The molecule has 0 aromatic carbocycles. The third-order valence-electron chi connectivity index (χ3n) is 1.98. The van der Waals surface area contributed by atoms with E-state index in [-0.39, 0.29) is 0 Å². The van der Waals surface area contributed by atoms with Crippen LogP contribution in [0.3, 0.4) is 0 Å². The van der Waals surface area contributed by atoms with Crippen molar-refractivity contribution in [3.05, 3.63) is 24.9 Å². The summed E-state index contributed by atoms with van der Waals surface area (Å²) in [4.78, 5) is 2.27. The van der Waals surface area contributed by atoms with Crippen molar-refractivity contribution in [2.24, 2.45) is 5.92 Å². The molecule has 1 nitrogen and oxygen atoms in total. The zero-order valence-electron chi connectivity index (χ0n) is 6.59. The molecule has 0 amide bonds. The Bertz CT molecular complexity index is 138. The minimum atomic E-state index is 0.767. The van der Waals surface area contributed by atoms with E-state index in [0.717, 1.165) is 12.5 Å². The van der Waals surface area contributed by atoms with Gasteiger partial charge in [-0.3, -0.25) is 0 Å². The quantitative estimate of drug-likeness (QED) is 0.526. The van der Waals surface area contributed by atoms with Crippen molar-refractivity contribution in [1.29, 1.82) is 0 Å². The Morgan fingerprint density at radius 1 is 1.60 bits per heavy atom. The smallest absolute Gasteiger partial charge is 0.0235 e. The first-order chi connectivity index (χ1) is 4.86. The zero-order valence-corrected chi connectivity index (χ0v) is 6.59. The third-order valence-corrected chi connectivity index (χ3v) is 1.98. The molecule has 0 aromatic rings. The third kappa shape index (κ3) is 1.63. The molecule has 1 saturated heterocycles. The molecule has 0 bridgehead atoms. The molecule has 1 atom stereocenters. The second kappa shape index (κ2) is 3.45. The first kappa shape index (κ1) is 7.39. The average molecular weight is 137 g/mol. The molecule has 0 spiro atoms. The van der Waals surface area contributed by atoms with E-state index in [1.54, 1.807) is 0 Å². The molecule has 10 heavy (non-hydrogen) atoms. The Hall–Kier alpha value is -0.720. The van der Waals surface area contributed by atoms with Crippen molar-refractivity contribution in [1.82, 2.24) is 4.90 Å². The van der Waals surface area contributed by atoms with Gasteiger partial charge in [-0.25, -0.2) is 0 Å². The highest BCUT2D eigenvalue weighted by molar-refractivity contribution is 4.93. The summed E-state index contributed by atoms with van der Waals surface area (Å²) in [5, 5.41) is 0. The summed E-state index contributed by atoms with van der Waals surface area (Å²) in [5.74, 6) is 0.767. The van der Waals surface area contributed by atoms with Gasteiger partial charge >= 0.3 is 0 Å². The molecule has 1 rings (SSSR count). The first-order valence-corrected chi connectivity index (χ1v) is 3.86. The topological polar surface area (TPSA) is 3.24 Å². The summed E-state index contributed by atoms with van der Waals surface area (Å²) in [6.45, 7) is 8.16. The van der Waals surface area contributed by atoms with E-state index in [1.807, 2.05) is 6.20 Å². The van der Waals surface area contributed by atoms with Gasteiger partial charge in [0.05, 0.1) is 0 Å². The number of allylic oxidation sites excluding steroid dienone is 1. The highest BCUT2D eigenvalue weighted by atomic mass is 15.1. The van der Waals surface area contributed by atoms with Crippen LogP contribution in [0.15, 0.2) is 24.9 Å². The fourth-order valence-electron chi connectivity index (χ4n) is 1.41. The molecule has 1 fully saturated rings. The summed E-state index contributed by atoms with van der Waals surface area (Å²) in [7, 11) is 0. The van der Waals surface area contributed by atoms with Crippen molar-refractivity contribution in [2.75, 3.05) is 13.1 Å². The number of hydrogen-bond acceptors (Lipinski definition) is 1. The van der Waals surface area contributed by atoms with Crippen LogP contribution in [0.5, 0.6) is 0 Å². The summed E-state index contributed by atoms with van der Waals surface area (Å²) < 4.78 is 0. The Labute approximate surface area is 63.0 Å². The second-order valence-corrected chi connectivity index (χ2v) is 2.75. The SMILES string of the molecule is C=CN1CCC(/C=C\C)C1. The van der Waals surface area contributed by atoms with Crippen molar-refractivity contribution in [2.45, 2.75) is 13.3 Å². The monoisotopic (exact) mass is 137 g/mol. The van der Waals surface area contributed by atoms with Crippen molar-refractivity contribution in [3.8, 4) is 0 Å². The Morgan fingerprint density at radius 3 is 2.90 bits per heavy atom. The van der Waals surface area contributed by atoms with E-state index in [1.165, 1.54) is 13.0 Å². The molecular formula is C9H15N. The summed E-state index contributed by atoms with van der Waals surface area (Å²) in [6, 6.07) is 0. The van der Waals surface area contributed by atoms with Crippen LogP contribution in [0.1, 0.15) is 13.3 Å². The number of likely N-dealkylation sites (tertiary alicyclic amines) is 1. The molecule has 0 aromatic heterocycles. The maximum absolute atomic E-state index is 3.74. The lowest BCUT2D eigenvalue weighted by Crippen LogP contribution is -2.11. The van der Waals surface area contributed by atoms with E-state index >= 15 is 0 Å². The number of nitrogens with zero attached hydrogens (tertiary/aromatic N) is 1. The zero-order chi connectivity index (χ0) is 7.40. The van der Waals surface area contributed by atoms with Crippen molar-refractivity contribution in [3.63, 3.8) is 0 Å². The molecule has 56 valence electrons. The minimum Gasteiger partial charge on any atom is -0.377 e. The largest absolute Gasteiger partial charge is 0.377 e. The van der Waals surface area contributed by atoms with E-state index in [4.69, 9.17) is 0 Å². The highest BCUT2D eigenvalue weighted by Crippen LogP contribution is 2.16.